The minimum Gasteiger partial charge on any atom is -0.480 e. The van der Waals surface area contributed by atoms with E-state index in [9.17, 15) is 9.59 Å². The first-order valence-electron chi connectivity index (χ1n) is 4.75. The standard InChI is InChI=1S/C8H13N5O3S/c1-17-3-2-4(7(15)16)10-6(14)5-11-8(9)13-12-5/h4H,2-3H2,1H3,(H,10,14)(H,15,16)(H3,9,11,12,13). The third-order valence-electron chi connectivity index (χ3n) is 1.93. The second kappa shape index (κ2) is 6.09. The lowest BCUT2D eigenvalue weighted by molar-refractivity contribution is -0.139. The first-order valence-corrected chi connectivity index (χ1v) is 6.14. The number of hydrogen-bond acceptors (Lipinski definition) is 6. The number of aliphatic carboxylic acids is 1. The van der Waals surface area contributed by atoms with Crippen LogP contribution in [0.25, 0.3) is 0 Å². The Morgan fingerprint density at radius 2 is 2.35 bits per heavy atom. The Bertz CT molecular complexity index is 408. The Hall–Kier alpha value is -1.77. The van der Waals surface area contributed by atoms with E-state index in [1.807, 2.05) is 6.26 Å². The molecule has 17 heavy (non-hydrogen) atoms. The molecule has 0 bridgehead atoms. The number of aromatic nitrogens is 3. The van der Waals surface area contributed by atoms with E-state index in [1.54, 1.807) is 0 Å². The van der Waals surface area contributed by atoms with E-state index >= 15 is 0 Å². The van der Waals surface area contributed by atoms with Gasteiger partial charge in [-0.25, -0.2) is 4.79 Å². The van der Waals surface area contributed by atoms with Crippen molar-refractivity contribution >= 4 is 29.6 Å². The Labute approximate surface area is 101 Å². The van der Waals surface area contributed by atoms with Gasteiger partial charge in [0.2, 0.25) is 11.8 Å². The average Bonchev–Trinajstić information content (AvgIpc) is 2.70. The predicted octanol–water partition coefficient (Wildman–Crippen LogP) is -0.677. The molecule has 0 spiro atoms. The van der Waals surface area contributed by atoms with Gasteiger partial charge >= 0.3 is 5.97 Å². The molecular formula is C8H13N5O3S. The number of thioether (sulfide) groups is 1. The van der Waals surface area contributed by atoms with Gasteiger partial charge in [-0.2, -0.15) is 16.7 Å². The number of carboxylic acid groups (broad SMARTS) is 1. The number of nitrogen functional groups attached to an aromatic ring is 1. The van der Waals surface area contributed by atoms with Crippen LogP contribution in [-0.2, 0) is 4.79 Å². The Kier molecular flexibility index (Phi) is 4.76. The first-order chi connectivity index (χ1) is 8.04. The SMILES string of the molecule is CSCCC(NC(=O)c1nc(N)n[nH]1)C(=O)O. The van der Waals surface area contributed by atoms with E-state index < -0.39 is 17.9 Å². The van der Waals surface area contributed by atoms with E-state index in [-0.39, 0.29) is 11.8 Å². The van der Waals surface area contributed by atoms with Crippen LogP contribution in [-0.4, -0.2) is 50.2 Å². The van der Waals surface area contributed by atoms with Crippen LogP contribution in [0.15, 0.2) is 0 Å². The fourth-order valence-corrected chi connectivity index (χ4v) is 1.57. The summed E-state index contributed by atoms with van der Waals surface area (Å²) in [7, 11) is 0. The lowest BCUT2D eigenvalue weighted by Crippen LogP contribution is -2.41. The molecule has 0 fully saturated rings. The van der Waals surface area contributed by atoms with Gasteiger partial charge in [-0.3, -0.25) is 9.89 Å². The van der Waals surface area contributed by atoms with Crippen LogP contribution in [0.1, 0.15) is 17.0 Å². The van der Waals surface area contributed by atoms with Gasteiger partial charge in [0.15, 0.2) is 0 Å². The third-order valence-corrected chi connectivity index (χ3v) is 2.58. The van der Waals surface area contributed by atoms with E-state index in [0.29, 0.717) is 12.2 Å². The second-order valence-corrected chi connectivity index (χ2v) is 4.17. The summed E-state index contributed by atoms with van der Waals surface area (Å²) >= 11 is 1.50. The van der Waals surface area contributed by atoms with Crippen LogP contribution in [0.2, 0.25) is 0 Å². The Balaban J connectivity index is 2.60. The van der Waals surface area contributed by atoms with Crippen molar-refractivity contribution in [3.8, 4) is 0 Å². The van der Waals surface area contributed by atoms with Gasteiger partial charge in [0, 0.05) is 0 Å². The number of carbonyl (C=O) groups excluding carboxylic acids is 1. The summed E-state index contributed by atoms with van der Waals surface area (Å²) < 4.78 is 0. The number of rotatable bonds is 6. The lowest BCUT2D eigenvalue weighted by atomic mass is 10.2. The average molecular weight is 259 g/mol. The summed E-state index contributed by atoms with van der Waals surface area (Å²) in [5.41, 5.74) is 5.23. The fourth-order valence-electron chi connectivity index (χ4n) is 1.10. The van der Waals surface area contributed by atoms with Crippen molar-refractivity contribution in [2.45, 2.75) is 12.5 Å². The zero-order chi connectivity index (χ0) is 12.8. The molecule has 1 heterocycles. The van der Waals surface area contributed by atoms with Gasteiger partial charge in [-0.1, -0.05) is 0 Å². The molecule has 0 saturated carbocycles. The van der Waals surface area contributed by atoms with Crippen molar-refractivity contribution in [1.82, 2.24) is 20.5 Å². The number of H-pyrrole nitrogens is 1. The molecule has 9 heteroatoms. The molecule has 0 aliphatic heterocycles. The van der Waals surface area contributed by atoms with E-state index in [4.69, 9.17) is 10.8 Å². The summed E-state index contributed by atoms with van der Waals surface area (Å²) in [5, 5.41) is 17.0. The van der Waals surface area contributed by atoms with E-state index in [1.165, 1.54) is 11.8 Å². The highest BCUT2D eigenvalue weighted by atomic mass is 32.2. The number of nitrogens with two attached hydrogens (primary N) is 1. The van der Waals surface area contributed by atoms with Crippen molar-refractivity contribution in [3.63, 3.8) is 0 Å². The monoisotopic (exact) mass is 259 g/mol. The maximum atomic E-state index is 11.6. The third kappa shape index (κ3) is 3.94. The van der Waals surface area contributed by atoms with E-state index in [0.717, 1.165) is 0 Å². The van der Waals surface area contributed by atoms with Crippen LogP contribution in [0.4, 0.5) is 5.95 Å². The molecule has 0 aliphatic rings. The molecule has 0 radical (unpaired) electrons. The quantitative estimate of drug-likeness (QED) is 0.531. The molecule has 0 saturated heterocycles. The highest BCUT2D eigenvalue weighted by molar-refractivity contribution is 7.98. The van der Waals surface area contributed by atoms with Gasteiger partial charge in [-0.15, -0.1) is 5.10 Å². The van der Waals surface area contributed by atoms with Crippen molar-refractivity contribution in [1.29, 1.82) is 0 Å². The maximum Gasteiger partial charge on any atom is 0.326 e. The molecule has 94 valence electrons. The zero-order valence-electron chi connectivity index (χ0n) is 9.14. The first kappa shape index (κ1) is 13.3. The van der Waals surface area contributed by atoms with Gasteiger partial charge in [0.25, 0.3) is 5.91 Å². The van der Waals surface area contributed by atoms with Crippen LogP contribution in [0, 0.1) is 0 Å². The minimum absolute atomic E-state index is 0.0638. The number of carbonyl (C=O) groups is 2. The fraction of sp³-hybridized carbons (Fsp3) is 0.500. The number of anilines is 1. The minimum atomic E-state index is -1.08. The molecule has 5 N–H and O–H groups in total. The molecule has 1 aromatic rings. The van der Waals surface area contributed by atoms with Crippen LogP contribution >= 0.6 is 11.8 Å². The highest BCUT2D eigenvalue weighted by Crippen LogP contribution is 2.02. The number of nitrogens with one attached hydrogen (secondary N) is 2. The summed E-state index contributed by atoms with van der Waals surface area (Å²) in [4.78, 5) is 26.1. The van der Waals surface area contributed by atoms with Crippen molar-refractivity contribution in [2.24, 2.45) is 0 Å². The summed E-state index contributed by atoms with van der Waals surface area (Å²) in [6, 6.07) is -0.943. The normalized spacial score (nSPS) is 12.1. The van der Waals surface area contributed by atoms with Crippen LogP contribution < -0.4 is 11.1 Å². The number of nitrogens with zero attached hydrogens (tertiary/aromatic N) is 2. The van der Waals surface area contributed by atoms with Gasteiger partial charge in [0.1, 0.15) is 6.04 Å². The van der Waals surface area contributed by atoms with Crippen molar-refractivity contribution in [3.05, 3.63) is 5.82 Å². The Morgan fingerprint density at radius 1 is 1.65 bits per heavy atom. The molecule has 1 unspecified atom stereocenters. The van der Waals surface area contributed by atoms with Crippen LogP contribution in [0.3, 0.4) is 0 Å². The summed E-state index contributed by atoms with van der Waals surface area (Å²) in [6.07, 6.45) is 2.20. The van der Waals surface area contributed by atoms with Gasteiger partial charge < -0.3 is 16.2 Å². The molecule has 1 atom stereocenters. The number of aromatic amines is 1. The highest BCUT2D eigenvalue weighted by Gasteiger charge is 2.21. The smallest absolute Gasteiger partial charge is 0.326 e. The predicted molar refractivity (Wildman–Crippen MR) is 62.7 cm³/mol. The number of hydrogen-bond donors (Lipinski definition) is 4. The molecule has 0 aliphatic carbocycles. The van der Waals surface area contributed by atoms with Gasteiger partial charge in [-0.05, 0) is 18.4 Å². The topological polar surface area (TPSA) is 134 Å². The number of amides is 1. The van der Waals surface area contributed by atoms with Crippen molar-refractivity contribution in [2.75, 3.05) is 17.7 Å². The summed E-state index contributed by atoms with van der Waals surface area (Å²) in [5.74, 6) is -1.25. The summed E-state index contributed by atoms with van der Waals surface area (Å²) in [6.45, 7) is 0. The van der Waals surface area contributed by atoms with Gasteiger partial charge in [0.05, 0.1) is 0 Å². The van der Waals surface area contributed by atoms with E-state index in [2.05, 4.69) is 20.5 Å². The molecular weight excluding hydrogens is 246 g/mol. The largest absolute Gasteiger partial charge is 0.480 e. The maximum absolute atomic E-state index is 11.6. The molecule has 1 rings (SSSR count). The molecule has 8 nitrogen and oxygen atoms in total. The number of carboxylic acids is 1. The van der Waals surface area contributed by atoms with Crippen LogP contribution in [0.5, 0.6) is 0 Å². The molecule has 1 amide bonds. The second-order valence-electron chi connectivity index (χ2n) is 3.19. The lowest BCUT2D eigenvalue weighted by Gasteiger charge is -2.12. The molecule has 1 aromatic heterocycles. The van der Waals surface area contributed by atoms with Crippen molar-refractivity contribution < 1.29 is 14.7 Å². The molecule has 0 aromatic carbocycles. The Morgan fingerprint density at radius 3 is 2.82 bits per heavy atom. The zero-order valence-corrected chi connectivity index (χ0v) is 9.95.